The summed E-state index contributed by atoms with van der Waals surface area (Å²) in [6, 6.07) is 10.3. The average Bonchev–Trinajstić information content (AvgIpc) is 0.975. The average molecular weight is 2290 g/mol. The summed E-state index contributed by atoms with van der Waals surface area (Å²) < 4.78 is 124. The monoisotopic (exact) mass is 2280 g/mol. The third-order valence-corrected chi connectivity index (χ3v) is 23.4. The maximum absolute atomic E-state index is 11.8. The molecule has 142 heavy (non-hydrogen) atoms. The highest BCUT2D eigenvalue weighted by Gasteiger charge is 2.23. The van der Waals surface area contributed by atoms with Crippen LogP contribution in [-0.2, 0) is 94.9 Å². The largest absolute Gasteiger partial charge is 0.508 e. The Morgan fingerprint density at radius 2 is 0.739 bits per heavy atom. The molecule has 0 aliphatic heterocycles. The lowest BCUT2D eigenvalue weighted by Gasteiger charge is -2.16. The molecule has 3 unspecified atom stereocenters. The van der Waals surface area contributed by atoms with E-state index < -0.39 is 42.1 Å². The first-order valence-electron chi connectivity index (χ1n) is 48.4. The van der Waals surface area contributed by atoms with Crippen LogP contribution in [0.1, 0.15) is 339 Å². The third kappa shape index (κ3) is 265. The van der Waals surface area contributed by atoms with Gasteiger partial charge in [0.25, 0.3) is 5.09 Å². The van der Waals surface area contributed by atoms with Crippen LogP contribution in [0.2, 0.25) is 0 Å². The van der Waals surface area contributed by atoms with E-state index in [9.17, 15) is 37.7 Å². The summed E-state index contributed by atoms with van der Waals surface area (Å²) in [5.41, 5.74) is 0.676. The van der Waals surface area contributed by atoms with Crippen LogP contribution in [0.25, 0.3) is 0 Å². The molecule has 0 radical (unpaired) electrons. The lowest BCUT2D eigenvalue weighted by molar-refractivity contribution is -0.766. The molecule has 42 heteroatoms. The van der Waals surface area contributed by atoms with Gasteiger partial charge in [0.2, 0.25) is 0 Å². The van der Waals surface area contributed by atoms with Crippen LogP contribution in [0.4, 0.5) is 27.6 Å². The molecule has 27 nitrogen and oxygen atoms in total. The molecule has 0 fully saturated rings. The van der Waals surface area contributed by atoms with Crippen molar-refractivity contribution in [2.75, 3.05) is 93.4 Å². The number of ether oxygens (including phenoxy) is 18. The molecule has 0 heterocycles. The number of alkyl halides is 3. The van der Waals surface area contributed by atoms with Crippen LogP contribution in [0.5, 0.6) is 0 Å². The Morgan fingerprint density at radius 1 is 0.394 bits per heavy atom. The van der Waals surface area contributed by atoms with E-state index in [0.717, 1.165) is 61.3 Å². The Morgan fingerprint density at radius 3 is 0.965 bits per heavy atom. The highest BCUT2D eigenvalue weighted by molar-refractivity contribution is 8.78. The van der Waals surface area contributed by atoms with E-state index in [1.807, 2.05) is 166 Å². The highest BCUT2D eigenvalue weighted by atomic mass is 33.1. The van der Waals surface area contributed by atoms with Gasteiger partial charge in [-0.25, -0.2) is 24.7 Å². The van der Waals surface area contributed by atoms with Crippen molar-refractivity contribution in [3.05, 3.63) is 65.8 Å². The number of hydrogen-bond donors (Lipinski definition) is 1. The van der Waals surface area contributed by atoms with E-state index in [-0.39, 0.29) is 43.2 Å². The van der Waals surface area contributed by atoms with Gasteiger partial charge in [-0.05, 0) is 314 Å². The maximum Gasteiger partial charge on any atom is 0.508 e. The number of carbonyl (C=O) groups excluding carboxylic acids is 3. The van der Waals surface area contributed by atoms with Gasteiger partial charge in [0, 0.05) is 40.8 Å². The second-order valence-corrected chi connectivity index (χ2v) is 49.9. The number of carbonyl (C=O) groups is 3. The highest BCUT2D eigenvalue weighted by Crippen LogP contribution is 2.35. The molecule has 0 aromatic heterocycles. The summed E-state index contributed by atoms with van der Waals surface area (Å²) in [5.74, 6) is 10.9. The van der Waals surface area contributed by atoms with Gasteiger partial charge in [0.1, 0.15) is 47.3 Å². The van der Waals surface area contributed by atoms with E-state index in [0.29, 0.717) is 102 Å². The minimum absolute atomic E-state index is 0.000000000000000222. The molecular weight excluding hydrogens is 2070 g/mol. The van der Waals surface area contributed by atoms with Crippen molar-refractivity contribution in [1.82, 2.24) is 0 Å². The van der Waals surface area contributed by atoms with Gasteiger partial charge < -0.3 is 94.9 Å². The third-order valence-electron chi connectivity index (χ3n) is 10.5. The van der Waals surface area contributed by atoms with Crippen LogP contribution in [-0.4, -0.2) is 254 Å². The van der Waals surface area contributed by atoms with Crippen molar-refractivity contribution in [2.45, 2.75) is 481 Å². The van der Waals surface area contributed by atoms with E-state index in [4.69, 9.17) is 47.4 Å². The first-order chi connectivity index (χ1) is 65.4. The fourth-order valence-electron chi connectivity index (χ4n) is 6.07. The molecule has 1 aromatic rings. The molecule has 0 bridgehead atoms. The number of thioether (sulfide) groups is 2. The van der Waals surface area contributed by atoms with Crippen LogP contribution in [0.15, 0.2) is 60.5 Å². The van der Waals surface area contributed by atoms with Crippen LogP contribution < -0.4 is 5.90 Å². The van der Waals surface area contributed by atoms with Crippen LogP contribution in [0, 0.1) is 10.1 Å². The second-order valence-electron chi connectivity index (χ2n) is 33.4. The van der Waals surface area contributed by atoms with Gasteiger partial charge in [0.15, 0.2) is 6.36 Å². The van der Waals surface area contributed by atoms with Gasteiger partial charge in [-0.1, -0.05) is 205 Å². The molecule has 1 rings (SSSR count). The quantitative estimate of drug-likeness (QED) is 0.00729. The molecule has 0 aliphatic carbocycles. The number of hydrogen-bond acceptors (Lipinski definition) is 38. The molecule has 0 aliphatic rings. The molecule has 2 N–H and O–H groups in total. The number of rotatable bonds is 51. The van der Waals surface area contributed by atoms with E-state index >= 15 is 0 Å². The van der Waals surface area contributed by atoms with Gasteiger partial charge >= 0.3 is 24.6 Å². The van der Waals surface area contributed by atoms with Gasteiger partial charge in [-0.15, -0.1) is 28.5 Å². The Kier molecular flexibility index (Phi) is 170. The first-order valence-corrected chi connectivity index (χ1v) is 63.0. The molecule has 0 saturated heterocycles. The molecular formula is C100H213F3N2O25S12. The molecule has 1 aromatic carbocycles. The summed E-state index contributed by atoms with van der Waals surface area (Å²) in [5, 5.41) is 9.29. The maximum atomic E-state index is 11.8. The first kappa shape index (κ1) is 177. The number of nitrogens with zero attached hydrogens (tertiary/aromatic N) is 1. The van der Waals surface area contributed by atoms with E-state index in [1.165, 1.54) is 17.9 Å². The lowest BCUT2D eigenvalue weighted by atomic mass is 10.3. The number of halogens is 3. The Hall–Kier alpha value is -0.860. The van der Waals surface area contributed by atoms with Crippen molar-refractivity contribution in [1.29, 1.82) is 0 Å². The molecule has 0 amide bonds. The Labute approximate surface area is 916 Å². The molecule has 3 atom stereocenters. The number of benzene rings is 1. The molecule has 866 valence electrons. The normalized spacial score (nSPS) is 11.1. The Bertz CT molecular complexity index is 2510. The minimum atomic E-state index is -2.98. The smallest absolute Gasteiger partial charge is 0.435 e. The number of nitrogens with two attached hydrogens (primary N) is 1. The van der Waals surface area contributed by atoms with E-state index in [1.54, 1.807) is 190 Å². The summed E-state index contributed by atoms with van der Waals surface area (Å²) in [4.78, 5) is 50.2. The van der Waals surface area contributed by atoms with Gasteiger partial charge in [-0.2, -0.15) is 8.78 Å². The Balaban J connectivity index is -0.0000000852. The van der Waals surface area contributed by atoms with Gasteiger partial charge in [-0.3, -0.25) is 0 Å². The predicted octanol–water partition coefficient (Wildman–Crippen LogP) is 34.3. The lowest BCUT2D eigenvalue weighted by Crippen LogP contribution is -2.20. The molecule has 0 spiro atoms. The van der Waals surface area contributed by atoms with E-state index in [2.05, 4.69) is 217 Å². The van der Waals surface area contributed by atoms with Crippen LogP contribution in [0.3, 0.4) is 0 Å². The fourth-order valence-corrected chi connectivity index (χ4v) is 15.4. The van der Waals surface area contributed by atoms with Crippen molar-refractivity contribution in [3.63, 3.8) is 0 Å². The van der Waals surface area contributed by atoms with Crippen molar-refractivity contribution in [2.24, 2.45) is 5.90 Å². The summed E-state index contributed by atoms with van der Waals surface area (Å²) in [7, 11) is 17.9. The zero-order valence-corrected chi connectivity index (χ0v) is 108. The zero-order valence-electron chi connectivity index (χ0n) is 98.0. The summed E-state index contributed by atoms with van der Waals surface area (Å²) in [6.07, 6.45) is 4.14. The van der Waals surface area contributed by atoms with Crippen molar-refractivity contribution < 1.29 is 128 Å². The van der Waals surface area contributed by atoms with Crippen molar-refractivity contribution >= 4 is 150 Å². The zero-order chi connectivity index (χ0) is 115. The summed E-state index contributed by atoms with van der Waals surface area (Å²) >= 11 is 3.56. The SMILES string of the molecule is C=CCOC(=O)OC(C)C.C=CCOC(C)C.CC(C)OC(C)(F)F.CC(C)OC(C)F.CC(C)OCSSC(C)(C)C.CC(C)OCSSC(C)C.CC(C)OCSc1ccccc1.CC(C)ON.CC(C)O[N+](=O)[O-].CCOC(=O)OC(C)C.CCOC(=O)OC(C)C.CCOC(C)C.CCOC(C)C.CCSC(C)OC(C)C.CCSSCOC(C)C.CSSC(C)OC(C)C.CSSCOC(C)C. The fraction of sp³-hybridized carbons (Fsp3) is 0.870. The summed E-state index contributed by atoms with van der Waals surface area (Å²) in [6.45, 7) is 104. The second kappa shape index (κ2) is 136. The van der Waals surface area contributed by atoms with Crippen molar-refractivity contribution in [3.8, 4) is 0 Å². The molecule has 0 saturated carbocycles. The van der Waals surface area contributed by atoms with Crippen LogP contribution >= 0.6 is 131 Å². The minimum Gasteiger partial charge on any atom is -0.435 e. The van der Waals surface area contributed by atoms with Gasteiger partial charge in [0.05, 0.1) is 123 Å². The predicted molar refractivity (Wildman–Crippen MR) is 627 cm³/mol. The topological polar surface area (TPSA) is 305 Å². The standard InChI is InChI=1S/C10H14OS.C8H18OS2.C7H12O3.C7H16OS2.C7H16OS.2C6H12O3.2C6H14OS2.C6H12O.C5H10F2O.C5H11FO.C5H12OS2.2C5H12O.C3H7NO3.C3H9NO/c1-9(2)11-8-12-10-6-4-3-5-7-10;1-7(2)9-6-10-11-8(3,4)5;1-4-5-9-7(8)10-6(2)3;1-6(2)8-5-9-10-7(3)4;1-5-9-7(4)8-6(2)3;2*1-4-8-6(7)9-5(2)3;1-5(2)7-6(3)9-8-4;1-4-8-9-5-7-6(2)3;1-4-5-7-6(2)3;1-4(2)8-5(3,6)7;1-4(2)7-5(3)6;1-5(2)6-4-8-7-3;2*1-4-6-5(2)3;1-3(2)7-4(5)6;1-3(2)5-4/h3-7,9H,8H2,1-2H3;7H,6H2,1-5H3;4,6H,1,5H2,2-3H3;6-7H,5H2,1-4H3;6-7H,5H2,1-4H3;2*5H,4H2,1-3H3;5-6H,1-4H3;6H,4-5H2,1-3H3;4,6H,1,5H2,2-3H3;4H,1-3H3;4-5H,1-3H3;5H,4H2,1-3H3;2*5H,4H2,1-3H3;3H,1-2H3;3H,4H2,1-2H3.